The van der Waals surface area contributed by atoms with Gasteiger partial charge in [0.05, 0.1) is 6.61 Å². The first-order valence-electron chi connectivity index (χ1n) is 7.16. The van der Waals surface area contributed by atoms with Crippen LogP contribution in [0.3, 0.4) is 0 Å². The number of aromatic nitrogens is 2. The Balaban J connectivity index is 1.91. The molecule has 106 valence electrons. The monoisotopic (exact) mass is 264 g/mol. The van der Waals surface area contributed by atoms with Gasteiger partial charge < -0.3 is 15.0 Å². The molecule has 1 fully saturated rings. The fourth-order valence-corrected chi connectivity index (χ4v) is 2.37. The van der Waals surface area contributed by atoms with Crippen LogP contribution < -0.4 is 15.0 Å². The third-order valence-corrected chi connectivity index (χ3v) is 3.46. The van der Waals surface area contributed by atoms with E-state index in [1.54, 1.807) is 6.33 Å². The van der Waals surface area contributed by atoms with Gasteiger partial charge in [0.2, 0.25) is 5.88 Å². The molecule has 5 heteroatoms. The summed E-state index contributed by atoms with van der Waals surface area (Å²) in [7, 11) is 2.09. The van der Waals surface area contributed by atoms with Gasteiger partial charge in [0, 0.05) is 19.7 Å². The molecule has 0 amide bonds. The van der Waals surface area contributed by atoms with Crippen LogP contribution in [-0.4, -0.2) is 43.3 Å². The van der Waals surface area contributed by atoms with Crippen molar-refractivity contribution in [3.8, 4) is 5.88 Å². The van der Waals surface area contributed by atoms with Crippen molar-refractivity contribution in [1.29, 1.82) is 0 Å². The Morgan fingerprint density at radius 3 is 2.89 bits per heavy atom. The van der Waals surface area contributed by atoms with Crippen molar-refractivity contribution < 1.29 is 4.74 Å². The molecule has 0 bridgehead atoms. The molecular weight excluding hydrogens is 240 g/mol. The van der Waals surface area contributed by atoms with E-state index in [0.717, 1.165) is 37.8 Å². The molecular formula is C14H24N4O. The molecule has 5 nitrogen and oxygen atoms in total. The van der Waals surface area contributed by atoms with Crippen LogP contribution in [0.25, 0.3) is 0 Å². The summed E-state index contributed by atoms with van der Waals surface area (Å²) < 4.78 is 5.55. The van der Waals surface area contributed by atoms with E-state index in [2.05, 4.69) is 34.2 Å². The first-order valence-corrected chi connectivity index (χ1v) is 7.16. The molecule has 0 atom stereocenters. The molecule has 1 aliphatic rings. The van der Waals surface area contributed by atoms with Crippen LogP contribution >= 0.6 is 0 Å². The second-order valence-corrected chi connectivity index (χ2v) is 5.14. The predicted octanol–water partition coefficient (Wildman–Crippen LogP) is 1.70. The minimum atomic E-state index is 0.670. The molecule has 0 aliphatic carbocycles. The second-order valence-electron chi connectivity index (χ2n) is 5.14. The van der Waals surface area contributed by atoms with Gasteiger partial charge in [0.25, 0.3) is 0 Å². The standard InChI is InChI=1S/C14H24N4O/c1-3-8-19-14-9-13(16-11-17-14)18(2)10-12-4-6-15-7-5-12/h9,11-12,15H,3-8,10H2,1-2H3. The zero-order valence-electron chi connectivity index (χ0n) is 11.9. The molecule has 1 N–H and O–H groups in total. The maximum absolute atomic E-state index is 5.55. The fourth-order valence-electron chi connectivity index (χ4n) is 2.37. The number of ether oxygens (including phenoxy) is 1. The maximum atomic E-state index is 5.55. The Morgan fingerprint density at radius 2 is 2.16 bits per heavy atom. The lowest BCUT2D eigenvalue weighted by molar-refractivity contribution is 0.304. The van der Waals surface area contributed by atoms with E-state index >= 15 is 0 Å². The minimum Gasteiger partial charge on any atom is -0.478 e. The van der Waals surface area contributed by atoms with E-state index in [1.807, 2.05) is 6.07 Å². The van der Waals surface area contributed by atoms with Gasteiger partial charge in [-0.3, -0.25) is 0 Å². The van der Waals surface area contributed by atoms with Gasteiger partial charge in [-0.1, -0.05) is 6.92 Å². The largest absolute Gasteiger partial charge is 0.478 e. The number of rotatable bonds is 6. The van der Waals surface area contributed by atoms with Gasteiger partial charge in [-0.25, -0.2) is 9.97 Å². The van der Waals surface area contributed by atoms with Crippen LogP contribution in [0.4, 0.5) is 5.82 Å². The molecule has 1 aromatic rings. The number of hydrogen-bond acceptors (Lipinski definition) is 5. The van der Waals surface area contributed by atoms with Gasteiger partial charge in [0.1, 0.15) is 12.1 Å². The highest BCUT2D eigenvalue weighted by Crippen LogP contribution is 2.19. The molecule has 1 aromatic heterocycles. The normalized spacial score (nSPS) is 16.3. The summed E-state index contributed by atoms with van der Waals surface area (Å²) in [5, 5.41) is 3.40. The average Bonchev–Trinajstić information content (AvgIpc) is 2.46. The van der Waals surface area contributed by atoms with Crippen molar-refractivity contribution >= 4 is 5.82 Å². The highest BCUT2D eigenvalue weighted by atomic mass is 16.5. The SMILES string of the molecule is CCCOc1cc(N(C)CC2CCNCC2)ncn1. The second kappa shape index (κ2) is 7.28. The number of nitrogens with zero attached hydrogens (tertiary/aromatic N) is 3. The zero-order valence-corrected chi connectivity index (χ0v) is 11.9. The Hall–Kier alpha value is -1.36. The highest BCUT2D eigenvalue weighted by molar-refractivity contribution is 5.39. The van der Waals surface area contributed by atoms with E-state index in [1.165, 1.54) is 12.8 Å². The van der Waals surface area contributed by atoms with Crippen molar-refractivity contribution in [1.82, 2.24) is 15.3 Å². The van der Waals surface area contributed by atoms with Crippen molar-refractivity contribution in [2.45, 2.75) is 26.2 Å². The summed E-state index contributed by atoms with van der Waals surface area (Å²) in [5.74, 6) is 2.37. The molecule has 0 unspecified atom stereocenters. The molecule has 0 aromatic carbocycles. The lowest BCUT2D eigenvalue weighted by Crippen LogP contribution is -2.34. The molecule has 0 spiro atoms. The average molecular weight is 264 g/mol. The molecule has 2 heterocycles. The van der Waals surface area contributed by atoms with Crippen LogP contribution in [0.2, 0.25) is 0 Å². The van der Waals surface area contributed by atoms with Crippen molar-refractivity contribution in [3.05, 3.63) is 12.4 Å². The van der Waals surface area contributed by atoms with Crippen LogP contribution in [-0.2, 0) is 0 Å². The fraction of sp³-hybridized carbons (Fsp3) is 0.714. The van der Waals surface area contributed by atoms with E-state index < -0.39 is 0 Å². The zero-order chi connectivity index (χ0) is 13.5. The maximum Gasteiger partial charge on any atom is 0.218 e. The summed E-state index contributed by atoms with van der Waals surface area (Å²) in [4.78, 5) is 10.7. The van der Waals surface area contributed by atoms with Crippen molar-refractivity contribution in [3.63, 3.8) is 0 Å². The molecule has 1 aliphatic heterocycles. The van der Waals surface area contributed by atoms with Gasteiger partial charge in [-0.05, 0) is 38.3 Å². The summed E-state index contributed by atoms with van der Waals surface area (Å²) in [5.41, 5.74) is 0. The van der Waals surface area contributed by atoms with E-state index in [4.69, 9.17) is 4.74 Å². The molecule has 0 saturated carbocycles. The molecule has 2 rings (SSSR count). The van der Waals surface area contributed by atoms with Crippen LogP contribution in [0.15, 0.2) is 12.4 Å². The molecule has 0 radical (unpaired) electrons. The van der Waals surface area contributed by atoms with Gasteiger partial charge in [-0.2, -0.15) is 0 Å². The number of anilines is 1. The van der Waals surface area contributed by atoms with E-state index in [-0.39, 0.29) is 0 Å². The van der Waals surface area contributed by atoms with Crippen LogP contribution in [0, 0.1) is 5.92 Å². The summed E-state index contributed by atoms with van der Waals surface area (Å²) in [6, 6.07) is 1.93. The Labute approximate surface area is 115 Å². The third-order valence-electron chi connectivity index (χ3n) is 3.46. The minimum absolute atomic E-state index is 0.670. The van der Waals surface area contributed by atoms with E-state index in [0.29, 0.717) is 12.5 Å². The topological polar surface area (TPSA) is 50.3 Å². The number of nitrogens with one attached hydrogen (secondary N) is 1. The van der Waals surface area contributed by atoms with Crippen LogP contribution in [0.1, 0.15) is 26.2 Å². The molecule has 1 saturated heterocycles. The summed E-state index contributed by atoms with van der Waals surface area (Å²) in [6.07, 6.45) is 5.06. The molecule has 19 heavy (non-hydrogen) atoms. The smallest absolute Gasteiger partial charge is 0.218 e. The predicted molar refractivity (Wildman–Crippen MR) is 76.7 cm³/mol. The third kappa shape index (κ3) is 4.35. The van der Waals surface area contributed by atoms with Crippen molar-refractivity contribution in [2.24, 2.45) is 5.92 Å². The quantitative estimate of drug-likeness (QED) is 0.847. The summed E-state index contributed by atoms with van der Waals surface area (Å²) >= 11 is 0. The van der Waals surface area contributed by atoms with Gasteiger partial charge in [0.15, 0.2) is 0 Å². The number of piperidine rings is 1. The Kier molecular flexibility index (Phi) is 5.39. The van der Waals surface area contributed by atoms with E-state index in [9.17, 15) is 0 Å². The first kappa shape index (κ1) is 14.1. The van der Waals surface area contributed by atoms with Crippen molar-refractivity contribution in [2.75, 3.05) is 38.2 Å². The summed E-state index contributed by atoms with van der Waals surface area (Å²) in [6.45, 7) is 6.10. The van der Waals surface area contributed by atoms with Gasteiger partial charge >= 0.3 is 0 Å². The van der Waals surface area contributed by atoms with Gasteiger partial charge in [-0.15, -0.1) is 0 Å². The first-order chi connectivity index (χ1) is 9.29. The lowest BCUT2D eigenvalue weighted by atomic mass is 9.98. The highest BCUT2D eigenvalue weighted by Gasteiger charge is 2.16. The van der Waals surface area contributed by atoms with Crippen LogP contribution in [0.5, 0.6) is 5.88 Å². The Morgan fingerprint density at radius 1 is 1.37 bits per heavy atom. The number of hydrogen-bond donors (Lipinski definition) is 1. The lowest BCUT2D eigenvalue weighted by Gasteiger charge is -2.28. The Bertz CT molecular complexity index is 379.